The van der Waals surface area contributed by atoms with Crippen LogP contribution >= 0.6 is 0 Å². The minimum Gasteiger partial charge on any atom is -0.465 e. The highest BCUT2D eigenvalue weighted by Gasteiger charge is 2.41. The first-order valence-electron chi connectivity index (χ1n) is 7.98. The van der Waals surface area contributed by atoms with E-state index in [4.69, 9.17) is 0 Å². The average molecular weight is 431 g/mol. The molecule has 0 bridgehead atoms. The lowest BCUT2D eigenvalue weighted by Crippen LogP contribution is -2.34. The summed E-state index contributed by atoms with van der Waals surface area (Å²) in [5.74, 6) is -2.31. The van der Waals surface area contributed by atoms with Crippen molar-refractivity contribution in [3.63, 3.8) is 0 Å². The molecule has 2 atom stereocenters. The molecule has 1 heterocycles. The highest BCUT2D eigenvalue weighted by molar-refractivity contribution is 7.87. The first-order valence-corrected chi connectivity index (χ1v) is 9.36. The van der Waals surface area contributed by atoms with Gasteiger partial charge in [0.1, 0.15) is 11.0 Å². The van der Waals surface area contributed by atoms with E-state index in [1.165, 1.54) is 6.92 Å². The number of esters is 1. The van der Waals surface area contributed by atoms with E-state index in [-0.39, 0.29) is 25.6 Å². The maximum Gasteiger partial charge on any atom is 0.416 e. The average Bonchev–Trinajstić information content (AvgIpc) is 2.94. The van der Waals surface area contributed by atoms with Crippen LogP contribution in [0.15, 0.2) is 18.2 Å². The number of hydrogen-bond donors (Lipinski definition) is 0. The van der Waals surface area contributed by atoms with E-state index in [1.54, 1.807) is 0 Å². The van der Waals surface area contributed by atoms with E-state index >= 15 is 0 Å². The number of alkyl halides is 6. The van der Waals surface area contributed by atoms with Crippen LogP contribution in [0.25, 0.3) is 0 Å². The largest absolute Gasteiger partial charge is 0.465 e. The lowest BCUT2D eigenvalue weighted by molar-refractivity contribution is -0.143. The van der Waals surface area contributed by atoms with Crippen molar-refractivity contribution in [1.29, 1.82) is 0 Å². The molecule has 156 valence electrons. The Morgan fingerprint density at radius 2 is 1.68 bits per heavy atom. The predicted molar refractivity (Wildman–Crippen MR) is 86.8 cm³/mol. The topological polar surface area (TPSA) is 63.7 Å². The van der Waals surface area contributed by atoms with E-state index < -0.39 is 62.8 Å². The monoisotopic (exact) mass is 431 g/mol. The van der Waals surface area contributed by atoms with Crippen LogP contribution in [-0.2, 0) is 37.5 Å². The molecule has 0 saturated carbocycles. The number of anilines is 1. The van der Waals surface area contributed by atoms with Gasteiger partial charge in [-0.2, -0.15) is 26.3 Å². The van der Waals surface area contributed by atoms with Crippen molar-refractivity contribution in [3.05, 3.63) is 29.3 Å². The summed E-state index contributed by atoms with van der Waals surface area (Å²) in [6.07, 6.45) is -10.2. The Bertz CT molecular complexity index is 760. The molecule has 0 radical (unpaired) electrons. The molecular formula is C16H15F6NO4S. The molecule has 2 rings (SSSR count). The normalized spacial score (nSPS) is 19.0. The Balaban J connectivity index is 2.32. The molecule has 1 amide bonds. The van der Waals surface area contributed by atoms with E-state index in [0.29, 0.717) is 12.1 Å². The van der Waals surface area contributed by atoms with Crippen molar-refractivity contribution in [2.24, 2.45) is 0 Å². The molecule has 0 spiro atoms. The van der Waals surface area contributed by atoms with Gasteiger partial charge in [0.2, 0.25) is 5.91 Å². The Labute approximate surface area is 158 Å². The first kappa shape index (κ1) is 22.2. The first-order chi connectivity index (χ1) is 12.8. The molecule has 1 aliphatic heterocycles. The van der Waals surface area contributed by atoms with Crippen LogP contribution in [0.1, 0.15) is 24.5 Å². The lowest BCUT2D eigenvalue weighted by atomic mass is 10.1. The fourth-order valence-electron chi connectivity index (χ4n) is 2.67. The number of rotatable bonds is 5. The van der Waals surface area contributed by atoms with Crippen LogP contribution in [0.4, 0.5) is 32.0 Å². The summed E-state index contributed by atoms with van der Waals surface area (Å²) in [6, 6.07) is 0.827. The molecule has 2 unspecified atom stereocenters. The lowest BCUT2D eigenvalue weighted by Gasteiger charge is -2.20. The summed E-state index contributed by atoms with van der Waals surface area (Å²) in [4.78, 5) is 24.5. The zero-order valence-corrected chi connectivity index (χ0v) is 15.2. The van der Waals surface area contributed by atoms with Gasteiger partial charge in [-0.15, -0.1) is 0 Å². The number of nitrogens with zero attached hydrogens (tertiary/aromatic N) is 1. The molecule has 1 fully saturated rings. The summed E-state index contributed by atoms with van der Waals surface area (Å²) in [5, 5.41) is -1.21. The van der Waals surface area contributed by atoms with Gasteiger partial charge in [0, 0.05) is 23.0 Å². The molecular weight excluding hydrogens is 416 g/mol. The van der Waals surface area contributed by atoms with Gasteiger partial charge in [-0.05, 0) is 31.5 Å². The van der Waals surface area contributed by atoms with Gasteiger partial charge < -0.3 is 9.64 Å². The SMILES string of the molecule is CCOC(=O)CS(=O)C1CCN(c2cc(C(F)(F)F)cc(C(F)(F)F)c2)C1=O. The van der Waals surface area contributed by atoms with Gasteiger partial charge in [0.15, 0.2) is 0 Å². The molecule has 0 aromatic heterocycles. The molecule has 1 aromatic rings. The molecule has 1 saturated heterocycles. The minimum absolute atomic E-state index is 0.0330. The summed E-state index contributed by atoms with van der Waals surface area (Å²) >= 11 is 0. The molecule has 1 aliphatic rings. The standard InChI is InChI=1S/C16H15F6NO4S/c1-2-27-13(24)8-28(26)12-3-4-23(14(12)25)11-6-9(15(17,18)19)5-10(7-11)16(20,21)22/h5-7,12H,2-4,8H2,1H3. The van der Waals surface area contributed by atoms with Crippen molar-refractivity contribution in [2.45, 2.75) is 30.9 Å². The molecule has 28 heavy (non-hydrogen) atoms. The number of carbonyl (C=O) groups is 2. The van der Waals surface area contributed by atoms with Crippen molar-refractivity contribution in [2.75, 3.05) is 23.8 Å². The van der Waals surface area contributed by atoms with Crippen molar-refractivity contribution in [1.82, 2.24) is 0 Å². The maximum atomic E-state index is 13.0. The minimum atomic E-state index is -5.05. The van der Waals surface area contributed by atoms with Crippen LogP contribution in [0.2, 0.25) is 0 Å². The van der Waals surface area contributed by atoms with E-state index in [9.17, 15) is 40.1 Å². The fraction of sp³-hybridized carbons (Fsp3) is 0.500. The second-order valence-electron chi connectivity index (χ2n) is 5.86. The van der Waals surface area contributed by atoms with Gasteiger partial charge in [-0.3, -0.25) is 13.8 Å². The smallest absolute Gasteiger partial charge is 0.416 e. The fourth-order valence-corrected chi connectivity index (χ4v) is 3.91. The highest BCUT2D eigenvalue weighted by Crippen LogP contribution is 2.39. The highest BCUT2D eigenvalue weighted by atomic mass is 32.2. The number of carbonyl (C=O) groups excluding carboxylic acids is 2. The van der Waals surface area contributed by atoms with Gasteiger partial charge in [-0.25, -0.2) is 0 Å². The Hall–Kier alpha value is -2.11. The summed E-state index contributed by atoms with van der Waals surface area (Å²) in [7, 11) is -2.01. The predicted octanol–water partition coefficient (Wildman–Crippen LogP) is 3.14. The third kappa shape index (κ3) is 5.03. The number of benzene rings is 1. The number of halogens is 6. The van der Waals surface area contributed by atoms with Gasteiger partial charge in [0.25, 0.3) is 0 Å². The molecule has 5 nitrogen and oxygen atoms in total. The van der Waals surface area contributed by atoms with Crippen molar-refractivity contribution in [3.8, 4) is 0 Å². The second kappa shape index (κ2) is 8.10. The summed E-state index contributed by atoms with van der Waals surface area (Å²) in [6.45, 7) is 1.33. The zero-order valence-electron chi connectivity index (χ0n) is 14.4. The van der Waals surface area contributed by atoms with Gasteiger partial charge in [0.05, 0.1) is 17.7 Å². The Morgan fingerprint density at radius 1 is 1.14 bits per heavy atom. The Morgan fingerprint density at radius 3 is 2.14 bits per heavy atom. The third-order valence-corrected chi connectivity index (χ3v) is 5.52. The van der Waals surface area contributed by atoms with E-state index in [1.807, 2.05) is 0 Å². The van der Waals surface area contributed by atoms with E-state index in [0.717, 1.165) is 4.90 Å². The molecule has 0 aliphatic carbocycles. The van der Waals surface area contributed by atoms with Crippen LogP contribution in [-0.4, -0.2) is 40.2 Å². The third-order valence-electron chi connectivity index (χ3n) is 3.92. The van der Waals surface area contributed by atoms with Crippen LogP contribution < -0.4 is 4.90 Å². The second-order valence-corrected chi connectivity index (χ2v) is 7.48. The zero-order chi connectivity index (χ0) is 21.3. The molecule has 0 N–H and O–H groups in total. The Kier molecular flexibility index (Phi) is 6.41. The van der Waals surface area contributed by atoms with E-state index in [2.05, 4.69) is 4.74 Å². The van der Waals surface area contributed by atoms with Gasteiger partial charge in [-0.1, -0.05) is 0 Å². The number of hydrogen-bond acceptors (Lipinski definition) is 4. The van der Waals surface area contributed by atoms with Crippen LogP contribution in [0.5, 0.6) is 0 Å². The number of amides is 1. The summed E-state index contributed by atoms with van der Waals surface area (Å²) < 4.78 is 94.6. The van der Waals surface area contributed by atoms with Crippen molar-refractivity contribution < 1.29 is 44.9 Å². The summed E-state index contributed by atoms with van der Waals surface area (Å²) in [5.41, 5.74) is -3.70. The maximum absolute atomic E-state index is 13.0. The quantitative estimate of drug-likeness (QED) is 0.531. The number of ether oxygens (including phenoxy) is 1. The van der Waals surface area contributed by atoms with Crippen LogP contribution in [0.3, 0.4) is 0 Å². The van der Waals surface area contributed by atoms with Crippen molar-refractivity contribution >= 4 is 28.4 Å². The van der Waals surface area contributed by atoms with Gasteiger partial charge >= 0.3 is 18.3 Å². The molecule has 1 aromatic carbocycles. The van der Waals surface area contributed by atoms with Crippen LogP contribution in [0, 0.1) is 0 Å². The molecule has 12 heteroatoms.